The molecule has 4 heteroatoms. The Balaban J connectivity index is 1.81. The first-order valence-corrected chi connectivity index (χ1v) is 6.53. The number of benzene rings is 1. The van der Waals surface area contributed by atoms with E-state index >= 15 is 0 Å². The second-order valence-electron chi connectivity index (χ2n) is 4.71. The first-order valence-electron chi connectivity index (χ1n) is 6.53. The predicted octanol–water partition coefficient (Wildman–Crippen LogP) is 1.01. The minimum absolute atomic E-state index is 0.134. The molecule has 1 aliphatic heterocycles. The number of methoxy groups -OCH3 is 1. The molecule has 2 rings (SSSR count). The van der Waals surface area contributed by atoms with Gasteiger partial charge >= 0.3 is 0 Å². The highest BCUT2D eigenvalue weighted by molar-refractivity contribution is 5.53. The average Bonchev–Trinajstić information content (AvgIpc) is 2.43. The molecule has 0 fully saturated rings. The maximum atomic E-state index is 10.1. The maximum absolute atomic E-state index is 10.1. The second-order valence-corrected chi connectivity index (χ2v) is 4.71. The van der Waals surface area contributed by atoms with E-state index in [1.807, 2.05) is 6.07 Å². The molecule has 0 spiro atoms. The molecular formula is C14H22N2O2. The van der Waals surface area contributed by atoms with Crippen molar-refractivity contribution in [2.75, 3.05) is 32.1 Å². The first kappa shape index (κ1) is 13.3. The fourth-order valence-electron chi connectivity index (χ4n) is 2.32. The quantitative estimate of drug-likeness (QED) is 0.660. The number of aryl methyl sites for hydroxylation is 1. The van der Waals surface area contributed by atoms with Gasteiger partial charge in [-0.3, -0.25) is 0 Å². The van der Waals surface area contributed by atoms with Gasteiger partial charge in [0.05, 0.1) is 18.8 Å². The van der Waals surface area contributed by atoms with Crippen molar-refractivity contribution >= 4 is 5.69 Å². The van der Waals surface area contributed by atoms with Crippen LogP contribution in [0.4, 0.5) is 5.69 Å². The lowest BCUT2D eigenvalue weighted by molar-refractivity contribution is 0.138. The summed E-state index contributed by atoms with van der Waals surface area (Å²) < 4.78 is 4.96. The van der Waals surface area contributed by atoms with Gasteiger partial charge in [0.2, 0.25) is 0 Å². The van der Waals surface area contributed by atoms with Crippen molar-refractivity contribution in [3.05, 3.63) is 29.8 Å². The van der Waals surface area contributed by atoms with Crippen molar-refractivity contribution in [3.8, 4) is 0 Å². The van der Waals surface area contributed by atoms with Crippen molar-refractivity contribution < 1.29 is 9.84 Å². The van der Waals surface area contributed by atoms with Crippen LogP contribution in [0.2, 0.25) is 0 Å². The van der Waals surface area contributed by atoms with Crippen molar-refractivity contribution in [3.63, 3.8) is 0 Å². The van der Waals surface area contributed by atoms with E-state index in [0.717, 1.165) is 25.1 Å². The summed E-state index contributed by atoms with van der Waals surface area (Å²) in [7, 11) is 1.68. The maximum Gasteiger partial charge on any atom is 0.0865 e. The largest absolute Gasteiger partial charge is 0.390 e. The standard InChI is InChI=1S/C14H22N2O2/c1-18-9-8-15-10-14(17)13-7-6-11-4-2-3-5-12(11)16-13/h2-5,13-17H,6-10H2,1H3. The molecule has 0 saturated heterocycles. The summed E-state index contributed by atoms with van der Waals surface area (Å²) in [6.45, 7) is 2.05. The topological polar surface area (TPSA) is 53.5 Å². The number of ether oxygens (including phenoxy) is 1. The Morgan fingerprint density at radius 2 is 2.33 bits per heavy atom. The van der Waals surface area contributed by atoms with E-state index in [1.54, 1.807) is 7.11 Å². The van der Waals surface area contributed by atoms with E-state index in [0.29, 0.717) is 13.2 Å². The van der Waals surface area contributed by atoms with Gasteiger partial charge in [-0.25, -0.2) is 0 Å². The minimum atomic E-state index is -0.366. The Labute approximate surface area is 108 Å². The molecule has 1 heterocycles. The van der Waals surface area contributed by atoms with Crippen LogP contribution in [0.1, 0.15) is 12.0 Å². The zero-order valence-corrected chi connectivity index (χ0v) is 10.9. The van der Waals surface area contributed by atoms with Crippen molar-refractivity contribution in [1.29, 1.82) is 0 Å². The van der Waals surface area contributed by atoms with Crippen molar-refractivity contribution in [1.82, 2.24) is 5.32 Å². The number of hydrogen-bond donors (Lipinski definition) is 3. The Bertz CT molecular complexity index is 371. The van der Waals surface area contributed by atoms with Crippen LogP contribution in [-0.2, 0) is 11.2 Å². The predicted molar refractivity (Wildman–Crippen MR) is 72.9 cm³/mol. The van der Waals surface area contributed by atoms with Crippen LogP contribution in [0.3, 0.4) is 0 Å². The fraction of sp³-hybridized carbons (Fsp3) is 0.571. The number of para-hydroxylation sites is 1. The molecule has 1 aromatic rings. The van der Waals surface area contributed by atoms with Gasteiger partial charge in [-0.2, -0.15) is 0 Å². The first-order chi connectivity index (χ1) is 8.81. The van der Waals surface area contributed by atoms with E-state index in [4.69, 9.17) is 4.74 Å². The molecule has 3 N–H and O–H groups in total. The number of anilines is 1. The third kappa shape index (κ3) is 3.45. The molecule has 0 aliphatic carbocycles. The van der Waals surface area contributed by atoms with E-state index in [9.17, 15) is 5.11 Å². The average molecular weight is 250 g/mol. The zero-order chi connectivity index (χ0) is 12.8. The van der Waals surface area contributed by atoms with Crippen molar-refractivity contribution in [2.24, 2.45) is 0 Å². The lowest BCUT2D eigenvalue weighted by Crippen LogP contribution is -2.43. The number of aliphatic hydroxyl groups excluding tert-OH is 1. The van der Waals surface area contributed by atoms with Crippen LogP contribution < -0.4 is 10.6 Å². The van der Waals surface area contributed by atoms with Crippen LogP contribution in [-0.4, -0.2) is 44.1 Å². The van der Waals surface area contributed by atoms with Crippen LogP contribution in [0.25, 0.3) is 0 Å². The number of fused-ring (bicyclic) bond motifs is 1. The molecule has 100 valence electrons. The summed E-state index contributed by atoms with van der Waals surface area (Å²) in [6, 6.07) is 8.44. The van der Waals surface area contributed by atoms with Gasteiger partial charge in [0.1, 0.15) is 0 Å². The minimum Gasteiger partial charge on any atom is -0.390 e. The lowest BCUT2D eigenvalue weighted by atomic mass is 9.95. The molecule has 0 aromatic heterocycles. The SMILES string of the molecule is COCCNCC(O)C1CCc2ccccc2N1. The summed E-state index contributed by atoms with van der Waals surface area (Å²) in [6.07, 6.45) is 1.64. The third-order valence-corrected chi connectivity index (χ3v) is 3.38. The summed E-state index contributed by atoms with van der Waals surface area (Å²) in [5, 5.41) is 16.7. The van der Waals surface area contributed by atoms with E-state index in [1.165, 1.54) is 5.56 Å². The summed E-state index contributed by atoms with van der Waals surface area (Å²) in [5.41, 5.74) is 2.50. The van der Waals surface area contributed by atoms with Crippen molar-refractivity contribution in [2.45, 2.75) is 25.0 Å². The van der Waals surface area contributed by atoms with Gasteiger partial charge < -0.3 is 20.5 Å². The van der Waals surface area contributed by atoms with Gasteiger partial charge in [0.15, 0.2) is 0 Å². The van der Waals surface area contributed by atoms with Gasteiger partial charge in [-0.15, -0.1) is 0 Å². The number of hydrogen-bond acceptors (Lipinski definition) is 4. The highest BCUT2D eigenvalue weighted by atomic mass is 16.5. The Kier molecular flexibility index (Phi) is 4.99. The molecular weight excluding hydrogens is 228 g/mol. The Hall–Kier alpha value is -1.10. The van der Waals surface area contributed by atoms with Gasteiger partial charge in [-0.1, -0.05) is 18.2 Å². The third-order valence-electron chi connectivity index (χ3n) is 3.38. The number of nitrogens with one attached hydrogen (secondary N) is 2. The molecule has 2 atom stereocenters. The molecule has 1 aromatic carbocycles. The molecule has 0 saturated carbocycles. The zero-order valence-electron chi connectivity index (χ0n) is 10.9. The molecule has 0 radical (unpaired) electrons. The smallest absolute Gasteiger partial charge is 0.0865 e. The van der Waals surface area contributed by atoms with Crippen LogP contribution >= 0.6 is 0 Å². The van der Waals surface area contributed by atoms with Crippen LogP contribution in [0, 0.1) is 0 Å². The Morgan fingerprint density at radius 1 is 1.50 bits per heavy atom. The lowest BCUT2D eigenvalue weighted by Gasteiger charge is -2.30. The monoisotopic (exact) mass is 250 g/mol. The van der Waals surface area contributed by atoms with Crippen LogP contribution in [0.5, 0.6) is 0 Å². The van der Waals surface area contributed by atoms with Gasteiger partial charge in [0.25, 0.3) is 0 Å². The Morgan fingerprint density at radius 3 is 3.17 bits per heavy atom. The highest BCUT2D eigenvalue weighted by Crippen LogP contribution is 2.25. The summed E-state index contributed by atoms with van der Waals surface area (Å²) in [4.78, 5) is 0. The van der Waals surface area contributed by atoms with Gasteiger partial charge in [0, 0.05) is 25.9 Å². The number of rotatable bonds is 6. The second kappa shape index (κ2) is 6.73. The molecule has 1 aliphatic rings. The van der Waals surface area contributed by atoms with Crippen LogP contribution in [0.15, 0.2) is 24.3 Å². The molecule has 0 amide bonds. The fourth-order valence-corrected chi connectivity index (χ4v) is 2.32. The molecule has 2 unspecified atom stereocenters. The normalized spacial score (nSPS) is 20.0. The van der Waals surface area contributed by atoms with E-state index in [2.05, 4.69) is 28.8 Å². The summed E-state index contributed by atoms with van der Waals surface area (Å²) in [5.74, 6) is 0. The highest BCUT2D eigenvalue weighted by Gasteiger charge is 2.23. The van der Waals surface area contributed by atoms with Gasteiger partial charge in [-0.05, 0) is 24.5 Å². The molecule has 18 heavy (non-hydrogen) atoms. The molecule has 0 bridgehead atoms. The van der Waals surface area contributed by atoms with E-state index in [-0.39, 0.29) is 12.1 Å². The van der Waals surface area contributed by atoms with E-state index < -0.39 is 0 Å². The molecule has 4 nitrogen and oxygen atoms in total. The summed E-state index contributed by atoms with van der Waals surface area (Å²) >= 11 is 0. The number of aliphatic hydroxyl groups is 1.